The molecule has 0 saturated carbocycles. The van der Waals surface area contributed by atoms with Gasteiger partial charge in [0.2, 0.25) is 0 Å². The highest BCUT2D eigenvalue weighted by Gasteiger charge is 2.21. The Hall–Kier alpha value is -1.10. The van der Waals surface area contributed by atoms with E-state index < -0.39 is 10.1 Å². The molecule has 0 unspecified atom stereocenters. The smallest absolute Gasteiger partial charge is 0.282 e. The van der Waals surface area contributed by atoms with Crippen molar-refractivity contribution in [1.29, 1.82) is 0 Å². The van der Waals surface area contributed by atoms with Gasteiger partial charge in [0, 0.05) is 10.4 Å². The minimum Gasteiger partial charge on any atom is -0.282 e. The minimum absolute atomic E-state index is 0.0677. The molecule has 0 bridgehead atoms. The zero-order valence-corrected chi connectivity index (χ0v) is 10.3. The van der Waals surface area contributed by atoms with E-state index in [1.165, 1.54) is 6.07 Å². The first-order chi connectivity index (χ1) is 7.97. The fourth-order valence-corrected chi connectivity index (χ4v) is 3.41. The standard InChI is InChI=1S/C12H9ClO3S/c13-9-5-8-2-1-7-3-4-11(17(14,15)16)10(6-9)12(7)8/h3-6H,1-2H2,(H,14,15,16). The Labute approximate surface area is 104 Å². The normalized spacial score (nSPS) is 14.5. The second-order valence-electron chi connectivity index (χ2n) is 4.19. The summed E-state index contributed by atoms with van der Waals surface area (Å²) in [6.07, 6.45) is 1.75. The summed E-state index contributed by atoms with van der Waals surface area (Å²) in [4.78, 5) is -0.0677. The lowest BCUT2D eigenvalue weighted by Gasteiger charge is -2.07. The first kappa shape index (κ1) is 11.0. The Bertz CT molecular complexity index is 735. The van der Waals surface area contributed by atoms with Crippen LogP contribution in [0.15, 0.2) is 29.2 Å². The number of halogens is 1. The molecule has 1 aliphatic carbocycles. The molecule has 1 N–H and O–H groups in total. The van der Waals surface area contributed by atoms with Gasteiger partial charge in [-0.1, -0.05) is 17.7 Å². The molecule has 0 fully saturated rings. The predicted octanol–water partition coefficient (Wildman–Crippen LogP) is 2.84. The number of hydrogen-bond donors (Lipinski definition) is 1. The van der Waals surface area contributed by atoms with Crippen LogP contribution in [0, 0.1) is 0 Å². The van der Waals surface area contributed by atoms with Crippen LogP contribution >= 0.6 is 11.6 Å². The van der Waals surface area contributed by atoms with Gasteiger partial charge in [0.15, 0.2) is 0 Å². The highest BCUT2D eigenvalue weighted by atomic mass is 35.5. The van der Waals surface area contributed by atoms with Crippen molar-refractivity contribution in [3.8, 4) is 0 Å². The van der Waals surface area contributed by atoms with E-state index in [1.54, 1.807) is 12.1 Å². The van der Waals surface area contributed by atoms with Gasteiger partial charge in [-0.25, -0.2) is 0 Å². The zero-order chi connectivity index (χ0) is 12.2. The maximum Gasteiger partial charge on any atom is 0.295 e. The summed E-state index contributed by atoms with van der Waals surface area (Å²) >= 11 is 5.97. The van der Waals surface area contributed by atoms with Crippen molar-refractivity contribution >= 4 is 32.5 Å². The van der Waals surface area contributed by atoms with Crippen molar-refractivity contribution in [2.75, 3.05) is 0 Å². The first-order valence-electron chi connectivity index (χ1n) is 5.18. The van der Waals surface area contributed by atoms with E-state index >= 15 is 0 Å². The Kier molecular flexibility index (Phi) is 2.23. The van der Waals surface area contributed by atoms with Crippen LogP contribution in [0.3, 0.4) is 0 Å². The van der Waals surface area contributed by atoms with Crippen LogP contribution in [0.4, 0.5) is 0 Å². The lowest BCUT2D eigenvalue weighted by Crippen LogP contribution is -1.99. The fourth-order valence-electron chi connectivity index (χ4n) is 2.49. The molecule has 3 rings (SSSR count). The van der Waals surface area contributed by atoms with E-state index in [-0.39, 0.29) is 4.90 Å². The molecule has 5 heteroatoms. The summed E-state index contributed by atoms with van der Waals surface area (Å²) in [6.45, 7) is 0. The zero-order valence-electron chi connectivity index (χ0n) is 8.77. The predicted molar refractivity (Wildman–Crippen MR) is 66.2 cm³/mol. The summed E-state index contributed by atoms with van der Waals surface area (Å²) in [7, 11) is -4.21. The summed E-state index contributed by atoms with van der Waals surface area (Å²) in [6, 6.07) is 6.65. The second kappa shape index (κ2) is 3.45. The molecule has 2 aromatic rings. The molecule has 2 aromatic carbocycles. The second-order valence-corrected chi connectivity index (χ2v) is 6.01. The highest BCUT2D eigenvalue weighted by molar-refractivity contribution is 7.86. The van der Waals surface area contributed by atoms with Crippen LogP contribution in [0.1, 0.15) is 11.1 Å². The molecule has 0 aromatic heterocycles. The van der Waals surface area contributed by atoms with E-state index in [0.29, 0.717) is 10.4 Å². The maximum atomic E-state index is 11.3. The van der Waals surface area contributed by atoms with Gasteiger partial charge in [-0.2, -0.15) is 8.42 Å². The number of aryl methyl sites for hydroxylation is 2. The van der Waals surface area contributed by atoms with Crippen molar-refractivity contribution in [2.24, 2.45) is 0 Å². The molecule has 0 saturated heterocycles. The van der Waals surface area contributed by atoms with Crippen molar-refractivity contribution in [3.63, 3.8) is 0 Å². The van der Waals surface area contributed by atoms with Gasteiger partial charge in [-0.3, -0.25) is 4.55 Å². The van der Waals surface area contributed by atoms with E-state index in [2.05, 4.69) is 0 Å². The van der Waals surface area contributed by atoms with Crippen molar-refractivity contribution in [2.45, 2.75) is 17.7 Å². The third-order valence-electron chi connectivity index (χ3n) is 3.15. The van der Waals surface area contributed by atoms with Gasteiger partial charge >= 0.3 is 0 Å². The molecular weight excluding hydrogens is 260 g/mol. The van der Waals surface area contributed by atoms with Crippen LogP contribution in [0.2, 0.25) is 5.02 Å². The Morgan fingerprint density at radius 2 is 1.82 bits per heavy atom. The summed E-state index contributed by atoms with van der Waals surface area (Å²) < 4.78 is 31.8. The number of rotatable bonds is 1. The molecule has 17 heavy (non-hydrogen) atoms. The van der Waals surface area contributed by atoms with Gasteiger partial charge in [0.1, 0.15) is 4.90 Å². The molecule has 0 amide bonds. The van der Waals surface area contributed by atoms with E-state index in [0.717, 1.165) is 29.4 Å². The van der Waals surface area contributed by atoms with Gasteiger partial charge in [0.05, 0.1) is 0 Å². The summed E-state index contributed by atoms with van der Waals surface area (Å²) in [5, 5.41) is 1.94. The molecule has 0 spiro atoms. The Morgan fingerprint density at radius 3 is 2.53 bits per heavy atom. The van der Waals surface area contributed by atoms with Crippen LogP contribution in [0.5, 0.6) is 0 Å². The lowest BCUT2D eigenvalue weighted by molar-refractivity contribution is 0.484. The third kappa shape index (κ3) is 1.64. The maximum absolute atomic E-state index is 11.3. The topological polar surface area (TPSA) is 54.4 Å². The van der Waals surface area contributed by atoms with Gasteiger partial charge < -0.3 is 0 Å². The highest BCUT2D eigenvalue weighted by Crippen LogP contribution is 2.36. The van der Waals surface area contributed by atoms with E-state index in [4.69, 9.17) is 11.6 Å². The lowest BCUT2D eigenvalue weighted by atomic mass is 10.1. The Morgan fingerprint density at radius 1 is 1.12 bits per heavy atom. The van der Waals surface area contributed by atoms with Crippen molar-refractivity contribution in [3.05, 3.63) is 40.4 Å². The van der Waals surface area contributed by atoms with Gasteiger partial charge in [-0.05, 0) is 47.6 Å². The van der Waals surface area contributed by atoms with Crippen LogP contribution in [-0.4, -0.2) is 13.0 Å². The van der Waals surface area contributed by atoms with Crippen LogP contribution < -0.4 is 0 Å². The summed E-state index contributed by atoms with van der Waals surface area (Å²) in [5.41, 5.74) is 2.16. The third-order valence-corrected chi connectivity index (χ3v) is 4.28. The summed E-state index contributed by atoms with van der Waals surface area (Å²) in [5.74, 6) is 0. The SMILES string of the molecule is O=S(=O)(O)c1ccc2c3c(cc(Cl)cc13)CC2. The van der Waals surface area contributed by atoms with Gasteiger partial charge in [0.25, 0.3) is 10.1 Å². The van der Waals surface area contributed by atoms with Crippen molar-refractivity contribution in [1.82, 2.24) is 0 Å². The van der Waals surface area contributed by atoms with E-state index in [1.807, 2.05) is 6.07 Å². The average molecular weight is 269 g/mol. The van der Waals surface area contributed by atoms with Gasteiger partial charge in [-0.15, -0.1) is 0 Å². The molecule has 88 valence electrons. The molecule has 0 radical (unpaired) electrons. The molecule has 0 aliphatic heterocycles. The largest absolute Gasteiger partial charge is 0.295 e. The fraction of sp³-hybridized carbons (Fsp3) is 0.167. The molecule has 3 nitrogen and oxygen atoms in total. The van der Waals surface area contributed by atoms with Crippen LogP contribution in [0.25, 0.3) is 10.8 Å². The Balaban J connectivity index is 2.54. The minimum atomic E-state index is -4.21. The van der Waals surface area contributed by atoms with Crippen molar-refractivity contribution < 1.29 is 13.0 Å². The van der Waals surface area contributed by atoms with E-state index in [9.17, 15) is 13.0 Å². The number of benzene rings is 2. The molecule has 0 atom stereocenters. The van der Waals surface area contributed by atoms with Crippen LogP contribution in [-0.2, 0) is 23.0 Å². The number of hydrogen-bond acceptors (Lipinski definition) is 2. The molecule has 1 aliphatic rings. The first-order valence-corrected chi connectivity index (χ1v) is 7.00. The molecule has 0 heterocycles. The quantitative estimate of drug-likeness (QED) is 0.809. The average Bonchev–Trinajstić information content (AvgIpc) is 2.61. The monoisotopic (exact) mass is 268 g/mol. The molecular formula is C12H9ClO3S.